The van der Waals surface area contributed by atoms with Crippen LogP contribution in [0.1, 0.15) is 79.6 Å². The number of rotatable bonds is 5. The van der Waals surface area contributed by atoms with E-state index in [0.717, 1.165) is 65.1 Å². The fraction of sp³-hybridized carbons (Fsp3) is 0.958. The number of likely N-dealkylation sites (tertiary alicyclic amines) is 2. The van der Waals surface area contributed by atoms with Crippen LogP contribution >= 0.6 is 0 Å². The van der Waals surface area contributed by atoms with E-state index in [-0.39, 0.29) is 11.6 Å². The summed E-state index contributed by atoms with van der Waals surface area (Å²) in [6, 6.07) is 0. The highest BCUT2D eigenvalue weighted by atomic mass is 16.6. The molecular formula is C24H45N3O3. The number of amides is 1. The lowest BCUT2D eigenvalue weighted by Gasteiger charge is -2.54. The Morgan fingerprint density at radius 1 is 1.07 bits per heavy atom. The molecule has 3 heterocycles. The van der Waals surface area contributed by atoms with Gasteiger partial charge in [-0.15, -0.1) is 0 Å². The van der Waals surface area contributed by atoms with Crippen LogP contribution in [0.5, 0.6) is 0 Å². The zero-order chi connectivity index (χ0) is 21.8. The van der Waals surface area contributed by atoms with Crippen molar-refractivity contribution in [1.29, 1.82) is 0 Å². The van der Waals surface area contributed by atoms with Gasteiger partial charge in [0.05, 0.1) is 6.10 Å². The van der Waals surface area contributed by atoms with Crippen LogP contribution in [0.3, 0.4) is 0 Å². The Bertz CT molecular complexity index is 559. The molecule has 174 valence electrons. The number of hydrogen-bond acceptors (Lipinski definition) is 5. The molecule has 0 aromatic heterocycles. The van der Waals surface area contributed by atoms with Gasteiger partial charge in [-0.2, -0.15) is 0 Å². The molecule has 0 aliphatic carbocycles. The number of carbonyl (C=O) groups excluding carboxylic acids is 1. The molecule has 3 aliphatic heterocycles. The monoisotopic (exact) mass is 423 g/mol. The van der Waals surface area contributed by atoms with Gasteiger partial charge >= 0.3 is 6.09 Å². The molecule has 30 heavy (non-hydrogen) atoms. The van der Waals surface area contributed by atoms with Gasteiger partial charge in [0, 0.05) is 37.2 Å². The van der Waals surface area contributed by atoms with Crippen LogP contribution < -0.4 is 5.32 Å². The number of nitrogens with one attached hydrogen (secondary N) is 1. The molecule has 0 aromatic rings. The number of nitrogens with zero attached hydrogens (tertiary/aromatic N) is 2. The predicted molar refractivity (Wildman–Crippen MR) is 121 cm³/mol. The van der Waals surface area contributed by atoms with Gasteiger partial charge in [-0.1, -0.05) is 13.3 Å². The minimum atomic E-state index is -0.427. The minimum absolute atomic E-state index is 0.163. The Morgan fingerprint density at radius 2 is 1.73 bits per heavy atom. The van der Waals surface area contributed by atoms with E-state index in [1.807, 2.05) is 25.7 Å². The van der Waals surface area contributed by atoms with E-state index in [9.17, 15) is 4.79 Å². The summed E-state index contributed by atoms with van der Waals surface area (Å²) in [5, 5.41) is 3.56. The third kappa shape index (κ3) is 5.68. The summed E-state index contributed by atoms with van der Waals surface area (Å²) < 4.78 is 11.9. The van der Waals surface area contributed by atoms with Crippen molar-refractivity contribution in [2.75, 3.05) is 45.9 Å². The van der Waals surface area contributed by atoms with Gasteiger partial charge < -0.3 is 19.7 Å². The average Bonchev–Trinajstić information content (AvgIpc) is 2.69. The van der Waals surface area contributed by atoms with Crippen molar-refractivity contribution < 1.29 is 14.3 Å². The summed E-state index contributed by atoms with van der Waals surface area (Å²) in [5.74, 6) is 0. The summed E-state index contributed by atoms with van der Waals surface area (Å²) >= 11 is 0. The van der Waals surface area contributed by atoms with E-state index in [1.54, 1.807) is 0 Å². The number of hydrogen-bond donors (Lipinski definition) is 1. The van der Waals surface area contributed by atoms with Crippen LogP contribution in [0, 0.1) is 5.41 Å². The largest absolute Gasteiger partial charge is 0.444 e. The Balaban J connectivity index is 1.52. The average molecular weight is 424 g/mol. The van der Waals surface area contributed by atoms with Crippen LogP contribution in [-0.4, -0.2) is 79.0 Å². The molecule has 6 nitrogen and oxygen atoms in total. The van der Waals surface area contributed by atoms with E-state index in [1.165, 1.54) is 25.7 Å². The second-order valence-corrected chi connectivity index (χ2v) is 11.0. The van der Waals surface area contributed by atoms with Crippen LogP contribution in [0.2, 0.25) is 0 Å². The van der Waals surface area contributed by atoms with E-state index in [4.69, 9.17) is 9.47 Å². The van der Waals surface area contributed by atoms with Gasteiger partial charge in [0.2, 0.25) is 0 Å². The third-order valence-electron chi connectivity index (χ3n) is 7.64. The van der Waals surface area contributed by atoms with Crippen molar-refractivity contribution in [1.82, 2.24) is 15.1 Å². The maximum Gasteiger partial charge on any atom is 0.410 e. The Kier molecular flexibility index (Phi) is 7.73. The van der Waals surface area contributed by atoms with Crippen LogP contribution in [0.15, 0.2) is 0 Å². The first-order valence-corrected chi connectivity index (χ1v) is 12.2. The lowest BCUT2D eigenvalue weighted by atomic mass is 9.68. The molecule has 1 spiro atoms. The highest BCUT2D eigenvalue weighted by molar-refractivity contribution is 5.68. The van der Waals surface area contributed by atoms with Gasteiger partial charge in [0.15, 0.2) is 0 Å². The van der Waals surface area contributed by atoms with Gasteiger partial charge in [-0.25, -0.2) is 4.79 Å². The number of carbonyl (C=O) groups is 1. The lowest BCUT2D eigenvalue weighted by molar-refractivity contribution is -0.102. The van der Waals surface area contributed by atoms with E-state index >= 15 is 0 Å². The Hall–Kier alpha value is -0.850. The molecule has 1 N–H and O–H groups in total. The summed E-state index contributed by atoms with van der Waals surface area (Å²) in [7, 11) is 0. The molecule has 1 amide bonds. The molecule has 0 bridgehead atoms. The quantitative estimate of drug-likeness (QED) is 0.677. The number of unbranched alkanes of at least 4 members (excludes halogenated alkanes) is 1. The zero-order valence-corrected chi connectivity index (χ0v) is 20.1. The fourth-order valence-electron chi connectivity index (χ4n) is 5.43. The first-order valence-electron chi connectivity index (χ1n) is 12.2. The molecule has 3 saturated heterocycles. The maximum absolute atomic E-state index is 12.4. The molecule has 6 heteroatoms. The molecule has 0 saturated carbocycles. The Labute approximate surface area is 184 Å². The fourth-order valence-corrected chi connectivity index (χ4v) is 5.43. The molecular weight excluding hydrogens is 378 g/mol. The summed E-state index contributed by atoms with van der Waals surface area (Å²) in [6.07, 6.45) is 8.30. The number of ether oxygens (including phenoxy) is 2. The number of piperidine rings is 3. The smallest absolute Gasteiger partial charge is 0.410 e. The first kappa shape index (κ1) is 23.8. The third-order valence-corrected chi connectivity index (χ3v) is 7.64. The van der Waals surface area contributed by atoms with Gasteiger partial charge in [0.25, 0.3) is 0 Å². The highest BCUT2D eigenvalue weighted by Crippen LogP contribution is 2.44. The maximum atomic E-state index is 12.4. The normalized spacial score (nSPS) is 27.2. The summed E-state index contributed by atoms with van der Waals surface area (Å²) in [5.41, 5.74) is 0.109. The van der Waals surface area contributed by atoms with E-state index in [0.29, 0.717) is 11.5 Å². The Morgan fingerprint density at radius 3 is 2.33 bits per heavy atom. The van der Waals surface area contributed by atoms with Gasteiger partial charge in [-0.3, -0.25) is 4.90 Å². The van der Waals surface area contributed by atoms with Gasteiger partial charge in [0.1, 0.15) is 5.60 Å². The minimum Gasteiger partial charge on any atom is -0.444 e. The summed E-state index contributed by atoms with van der Waals surface area (Å²) in [6.45, 7) is 17.3. The van der Waals surface area contributed by atoms with Crippen molar-refractivity contribution in [2.24, 2.45) is 5.41 Å². The van der Waals surface area contributed by atoms with Crippen molar-refractivity contribution in [3.8, 4) is 0 Å². The molecule has 0 aromatic carbocycles. The first-order chi connectivity index (χ1) is 14.2. The topological polar surface area (TPSA) is 54.0 Å². The van der Waals surface area contributed by atoms with Crippen molar-refractivity contribution in [3.05, 3.63) is 0 Å². The SMILES string of the molecule is CCCCOC1CNCCC12CCN(C1(C)CCN(C(=O)OC(C)(C)C)CC1)CC2. The van der Waals surface area contributed by atoms with Crippen molar-refractivity contribution in [3.63, 3.8) is 0 Å². The van der Waals surface area contributed by atoms with Crippen molar-refractivity contribution >= 4 is 6.09 Å². The van der Waals surface area contributed by atoms with Crippen LogP contribution in [-0.2, 0) is 9.47 Å². The van der Waals surface area contributed by atoms with Crippen molar-refractivity contribution in [2.45, 2.75) is 96.8 Å². The predicted octanol–water partition coefficient (Wildman–Crippen LogP) is 4.04. The molecule has 0 radical (unpaired) electrons. The molecule has 3 aliphatic rings. The second-order valence-electron chi connectivity index (χ2n) is 11.0. The molecule has 1 unspecified atom stereocenters. The van der Waals surface area contributed by atoms with Crippen LogP contribution in [0.25, 0.3) is 0 Å². The summed E-state index contributed by atoms with van der Waals surface area (Å²) in [4.78, 5) is 17.0. The molecule has 3 fully saturated rings. The molecule has 3 rings (SSSR count). The molecule has 1 atom stereocenters. The van der Waals surface area contributed by atoms with Gasteiger partial charge in [-0.05, 0) is 85.9 Å². The zero-order valence-electron chi connectivity index (χ0n) is 20.1. The second kappa shape index (κ2) is 9.74. The highest BCUT2D eigenvalue weighted by Gasteiger charge is 2.47. The standard InChI is InChI=1S/C24H45N3O3/c1-6-7-18-29-20-19-25-13-8-24(20)11-16-27(17-12-24)23(5)9-14-26(15-10-23)21(28)30-22(2,3)4/h20,25H,6-19H2,1-5H3. The lowest BCUT2D eigenvalue weighted by Crippen LogP contribution is -2.61. The van der Waals surface area contributed by atoms with E-state index in [2.05, 4.69) is 24.1 Å². The van der Waals surface area contributed by atoms with E-state index < -0.39 is 5.60 Å². The van der Waals surface area contributed by atoms with Crippen LogP contribution in [0.4, 0.5) is 4.79 Å².